The predicted octanol–water partition coefficient (Wildman–Crippen LogP) is -6.02. The Hall–Kier alpha value is -1.87. The fourth-order valence-corrected chi connectivity index (χ4v) is 17.6. The van der Waals surface area contributed by atoms with E-state index in [9.17, 15) is 91.9 Å². The van der Waals surface area contributed by atoms with Gasteiger partial charge in [-0.05, 0) is 97.7 Å². The van der Waals surface area contributed by atoms with Crippen molar-refractivity contribution in [1.82, 2.24) is 0 Å². The summed E-state index contributed by atoms with van der Waals surface area (Å²) in [5, 5.41) is 198. The molecule has 0 unspecified atom stereocenters. The number of hydrogen-bond donors (Lipinski definition) is 18. The maximum Gasteiger partial charge on any atom is 0.317 e. The van der Waals surface area contributed by atoms with Crippen LogP contribution in [0.25, 0.3) is 0 Å². The van der Waals surface area contributed by atoms with Crippen molar-refractivity contribution in [2.24, 2.45) is 50.2 Å². The molecular weight excluding hydrogens is 1160 g/mol. The van der Waals surface area contributed by atoms with Gasteiger partial charge in [-0.2, -0.15) is 0 Å². The first-order valence-corrected chi connectivity index (χ1v) is 30.5. The molecule has 0 aromatic rings. The number of aliphatic hydroxyl groups is 18. The third-order valence-corrected chi connectivity index (χ3v) is 22.9. The van der Waals surface area contributed by atoms with Crippen molar-refractivity contribution in [3.8, 4) is 0 Å². The number of hydrogen-bond acceptors (Lipinski definition) is 29. The van der Waals surface area contributed by atoms with Crippen LogP contribution in [0.3, 0.4) is 0 Å². The maximum atomic E-state index is 15.4. The van der Waals surface area contributed by atoms with Crippen LogP contribution in [0.5, 0.6) is 0 Å². The zero-order chi connectivity index (χ0) is 63.6. The van der Waals surface area contributed by atoms with Crippen LogP contribution >= 0.6 is 0 Å². The average molecular weight is 1260 g/mol. The van der Waals surface area contributed by atoms with Crippen LogP contribution < -0.4 is 0 Å². The van der Waals surface area contributed by atoms with E-state index < -0.39 is 244 Å². The molecule has 0 spiro atoms. The van der Waals surface area contributed by atoms with Gasteiger partial charge >= 0.3 is 5.97 Å². The minimum Gasteiger partial charge on any atom is -0.432 e. The summed E-state index contributed by atoms with van der Waals surface area (Å²) >= 11 is 0. The van der Waals surface area contributed by atoms with Gasteiger partial charge in [0.2, 0.25) is 6.29 Å². The molecule has 0 aromatic heterocycles. The van der Waals surface area contributed by atoms with E-state index in [1.54, 1.807) is 0 Å². The molecular formula is C58H94O29. The smallest absolute Gasteiger partial charge is 0.317 e. The normalized spacial score (nSPS) is 54.0. The summed E-state index contributed by atoms with van der Waals surface area (Å²) in [6.07, 6.45) is -38.3. The molecule has 10 aliphatic rings. The first kappa shape index (κ1) is 68.0. The second-order valence-electron chi connectivity index (χ2n) is 28.2. The lowest BCUT2D eigenvalue weighted by Crippen LogP contribution is -2.71. The summed E-state index contributed by atoms with van der Waals surface area (Å²) in [7, 11) is 0. The largest absolute Gasteiger partial charge is 0.432 e. The Bertz CT molecular complexity index is 2420. The number of allylic oxidation sites excluding steroid dienone is 2. The van der Waals surface area contributed by atoms with Gasteiger partial charge in [0.1, 0.15) is 103 Å². The SMILES string of the molecule is C[C@@H]1O[C@@H](O[C@H]2[C@H](OC(=O)[C@]34CCC(C)(C)C[C@H]3C3=CC[C@@H]5[C@@]6(C)C[C@H](O)[C@H](O[C@@H]7O[C@H](CO[C@@H]8O[C@H](CO)[C@@H](O)[C@H](O)[C@H]8O)[C@@H](O)[C@H](O)[C@H]7O)C(CO)(CO)[C@@H]6CC[C@@]5(C)[C@]3(C)C[C@H]4O)OC[C@H](O)[C@@H]2O)[C@H](O)[C@H](O)[C@H]1O[C@@H]1OC[C@@H](O)[C@H](O)[C@H]1O. The van der Waals surface area contributed by atoms with E-state index in [2.05, 4.69) is 33.8 Å². The minimum absolute atomic E-state index is 0.0349. The van der Waals surface area contributed by atoms with Crippen molar-refractivity contribution in [2.75, 3.05) is 39.6 Å². The second kappa shape index (κ2) is 25.1. The molecule has 87 heavy (non-hydrogen) atoms. The van der Waals surface area contributed by atoms with E-state index in [0.717, 1.165) is 5.57 Å². The van der Waals surface area contributed by atoms with Crippen molar-refractivity contribution in [2.45, 2.75) is 253 Å². The van der Waals surface area contributed by atoms with Crippen LogP contribution in [0.2, 0.25) is 0 Å². The lowest BCUT2D eigenvalue weighted by Gasteiger charge is -2.72. The molecule has 0 radical (unpaired) electrons. The first-order valence-electron chi connectivity index (χ1n) is 30.5. The van der Waals surface area contributed by atoms with E-state index in [4.69, 9.17) is 47.4 Å². The van der Waals surface area contributed by atoms with E-state index in [-0.39, 0.29) is 30.6 Å². The minimum atomic E-state index is -1.94. The lowest BCUT2D eigenvalue weighted by molar-refractivity contribution is -0.369. The number of esters is 1. The molecule has 29 nitrogen and oxygen atoms in total. The highest BCUT2D eigenvalue weighted by Gasteiger charge is 2.74. The van der Waals surface area contributed by atoms with Crippen molar-refractivity contribution in [1.29, 1.82) is 0 Å². The second-order valence-corrected chi connectivity index (χ2v) is 28.2. The average Bonchev–Trinajstić information content (AvgIpc) is 0.674. The highest BCUT2D eigenvalue weighted by Crippen LogP contribution is 2.76. The summed E-state index contributed by atoms with van der Waals surface area (Å²) in [6.45, 7) is 8.04. The topological polar surface area (TPSA) is 474 Å². The monoisotopic (exact) mass is 1250 g/mol. The van der Waals surface area contributed by atoms with E-state index in [0.29, 0.717) is 32.1 Å². The standard InChI is InChI=1S/C58H94O29/c1-22-44(84-48-40(73)33(66)26(63)17-78-48)39(72)43(76)49(81-22)85-45-34(67)27(64)18-79-51(45)87-52(77)58-12-11-53(2,3)13-24(58)23-7-8-30-54(4)14-25(62)46(57(20-60,21-61)31(54)9-10-55(30,5)56(23,6)15-32(58)65)86-50-42(75)38(71)36(69)29(83-50)19-80-47-41(74)37(70)35(68)28(16-59)82-47/h7,22,24-51,59-76H,8-21H2,1-6H3/t22-,24-,25-,26+,27-,28+,29+,30+,31+,32+,33-,34-,35+,36+,37-,38-,39-,40+,41+,42+,43+,44-,45+,46-,47+,48-,49-,50-,51-,54+,55+,56+,58+/m0/s1. The molecule has 0 aromatic carbocycles. The number of carbonyl (C=O) groups is 1. The zero-order valence-corrected chi connectivity index (χ0v) is 49.8. The Morgan fingerprint density at radius 2 is 1.14 bits per heavy atom. The van der Waals surface area contributed by atoms with Gasteiger partial charge in [-0.1, -0.05) is 46.3 Å². The Morgan fingerprint density at radius 1 is 0.563 bits per heavy atom. The molecule has 10 rings (SSSR count). The van der Waals surface area contributed by atoms with Gasteiger partial charge in [0, 0.05) is 5.41 Å². The number of fused-ring (bicyclic) bond motifs is 7. The van der Waals surface area contributed by atoms with Crippen molar-refractivity contribution in [3.05, 3.63) is 11.6 Å². The number of carbonyl (C=O) groups excluding carboxylic acids is 1. The molecule has 500 valence electrons. The number of rotatable bonds is 14. The van der Waals surface area contributed by atoms with Crippen LogP contribution in [0.1, 0.15) is 92.9 Å². The molecule has 33 atom stereocenters. The molecule has 18 N–H and O–H groups in total. The van der Waals surface area contributed by atoms with Gasteiger partial charge in [0.15, 0.2) is 31.3 Å². The molecule has 5 heterocycles. The van der Waals surface area contributed by atoms with Crippen LogP contribution in [-0.2, 0) is 52.2 Å². The van der Waals surface area contributed by atoms with Crippen LogP contribution in [0.15, 0.2) is 11.6 Å². The Kier molecular flexibility index (Phi) is 19.6. The summed E-state index contributed by atoms with van der Waals surface area (Å²) < 4.78 is 58.5. The van der Waals surface area contributed by atoms with Crippen LogP contribution in [0.4, 0.5) is 0 Å². The van der Waals surface area contributed by atoms with Gasteiger partial charge in [-0.15, -0.1) is 0 Å². The maximum absolute atomic E-state index is 15.4. The Morgan fingerprint density at radius 3 is 1.79 bits per heavy atom. The zero-order valence-electron chi connectivity index (χ0n) is 49.8. The lowest BCUT2D eigenvalue weighted by atomic mass is 9.33. The van der Waals surface area contributed by atoms with Gasteiger partial charge in [0.05, 0.1) is 64.1 Å². The summed E-state index contributed by atoms with van der Waals surface area (Å²) in [5.74, 6) is -2.39. The summed E-state index contributed by atoms with van der Waals surface area (Å²) in [5.41, 5.74) is -5.07. The Labute approximate surface area is 502 Å². The molecule has 9 fully saturated rings. The highest BCUT2D eigenvalue weighted by atomic mass is 16.8. The van der Waals surface area contributed by atoms with Crippen LogP contribution in [0, 0.1) is 50.2 Å². The van der Waals surface area contributed by atoms with Crippen molar-refractivity contribution < 1.29 is 144 Å². The molecule has 0 bridgehead atoms. The molecule has 5 aliphatic carbocycles. The molecule has 29 heteroatoms. The quantitative estimate of drug-likeness (QED) is 0.0437. The first-order chi connectivity index (χ1) is 40.8. The van der Waals surface area contributed by atoms with Crippen molar-refractivity contribution in [3.63, 3.8) is 0 Å². The number of ether oxygens (including phenoxy) is 10. The highest BCUT2D eigenvalue weighted by molar-refractivity contribution is 5.80. The Balaban J connectivity index is 0.876. The van der Waals surface area contributed by atoms with Crippen LogP contribution in [-0.4, -0.2) is 297 Å². The molecule has 4 saturated carbocycles. The van der Waals surface area contributed by atoms with Gasteiger partial charge in [-0.25, -0.2) is 0 Å². The fourth-order valence-electron chi connectivity index (χ4n) is 17.6. The summed E-state index contributed by atoms with van der Waals surface area (Å²) in [6, 6.07) is 0. The van der Waals surface area contributed by atoms with Gasteiger partial charge in [-0.3, -0.25) is 4.79 Å². The van der Waals surface area contributed by atoms with E-state index in [1.807, 2.05) is 6.92 Å². The third-order valence-electron chi connectivity index (χ3n) is 22.9. The third kappa shape index (κ3) is 11.2. The fraction of sp³-hybridized carbons (Fsp3) is 0.948. The predicted molar refractivity (Wildman–Crippen MR) is 288 cm³/mol. The molecule has 5 aliphatic heterocycles. The molecule has 5 saturated heterocycles. The summed E-state index contributed by atoms with van der Waals surface area (Å²) in [4.78, 5) is 15.4. The van der Waals surface area contributed by atoms with Crippen molar-refractivity contribution >= 4 is 5.97 Å². The van der Waals surface area contributed by atoms with E-state index >= 15 is 4.79 Å². The van der Waals surface area contributed by atoms with Gasteiger partial charge < -0.3 is 139 Å². The van der Waals surface area contributed by atoms with Gasteiger partial charge in [0.25, 0.3) is 0 Å². The molecule has 0 amide bonds. The number of aliphatic hydroxyl groups excluding tert-OH is 18. The van der Waals surface area contributed by atoms with E-state index in [1.165, 1.54) is 6.92 Å².